The van der Waals surface area contributed by atoms with E-state index in [0.29, 0.717) is 12.6 Å². The summed E-state index contributed by atoms with van der Waals surface area (Å²) in [7, 11) is 0. The summed E-state index contributed by atoms with van der Waals surface area (Å²) in [6, 6.07) is 8.83. The molecule has 0 aliphatic heterocycles. The SMILES string of the molecule is CCCCCCc1ccc(C(O)CNC(C)C)cc1. The molecule has 0 heterocycles. The van der Waals surface area contributed by atoms with Crippen LogP contribution in [0.25, 0.3) is 0 Å². The Morgan fingerprint density at radius 2 is 1.74 bits per heavy atom. The average molecular weight is 263 g/mol. The van der Waals surface area contributed by atoms with E-state index in [1.165, 1.54) is 31.2 Å². The maximum atomic E-state index is 10.0. The van der Waals surface area contributed by atoms with Crippen molar-refractivity contribution in [2.45, 2.75) is 65.0 Å². The third-order valence-corrected chi connectivity index (χ3v) is 3.40. The van der Waals surface area contributed by atoms with Crippen LogP contribution in [0, 0.1) is 0 Å². The van der Waals surface area contributed by atoms with Crippen molar-refractivity contribution in [3.63, 3.8) is 0 Å². The molecular formula is C17H29NO. The summed E-state index contributed by atoms with van der Waals surface area (Å²) in [5.41, 5.74) is 2.38. The smallest absolute Gasteiger partial charge is 0.0914 e. The van der Waals surface area contributed by atoms with E-state index in [2.05, 4.69) is 50.4 Å². The number of nitrogens with one attached hydrogen (secondary N) is 1. The van der Waals surface area contributed by atoms with Crippen LogP contribution >= 0.6 is 0 Å². The van der Waals surface area contributed by atoms with Gasteiger partial charge < -0.3 is 10.4 Å². The van der Waals surface area contributed by atoms with E-state index in [4.69, 9.17) is 0 Å². The van der Waals surface area contributed by atoms with Crippen molar-refractivity contribution in [1.29, 1.82) is 0 Å². The molecule has 1 rings (SSSR count). The van der Waals surface area contributed by atoms with Crippen molar-refractivity contribution in [1.82, 2.24) is 5.32 Å². The Balaban J connectivity index is 2.37. The van der Waals surface area contributed by atoms with Crippen molar-refractivity contribution >= 4 is 0 Å². The Morgan fingerprint density at radius 1 is 1.05 bits per heavy atom. The molecule has 0 saturated heterocycles. The minimum atomic E-state index is -0.406. The first-order valence-electron chi connectivity index (χ1n) is 7.63. The van der Waals surface area contributed by atoms with Gasteiger partial charge in [0.1, 0.15) is 0 Å². The molecule has 0 saturated carbocycles. The van der Waals surface area contributed by atoms with Crippen LogP contribution in [0.1, 0.15) is 63.7 Å². The second-order valence-electron chi connectivity index (χ2n) is 5.63. The van der Waals surface area contributed by atoms with Gasteiger partial charge in [0.25, 0.3) is 0 Å². The highest BCUT2D eigenvalue weighted by Crippen LogP contribution is 2.15. The number of hydrogen-bond donors (Lipinski definition) is 2. The monoisotopic (exact) mass is 263 g/mol. The third kappa shape index (κ3) is 6.74. The number of aliphatic hydroxyl groups excluding tert-OH is 1. The lowest BCUT2D eigenvalue weighted by atomic mass is 10.0. The molecule has 0 fully saturated rings. The third-order valence-electron chi connectivity index (χ3n) is 3.40. The fourth-order valence-corrected chi connectivity index (χ4v) is 2.13. The van der Waals surface area contributed by atoms with Crippen molar-refractivity contribution < 1.29 is 5.11 Å². The van der Waals surface area contributed by atoms with Crippen molar-refractivity contribution in [2.24, 2.45) is 0 Å². The zero-order valence-corrected chi connectivity index (χ0v) is 12.7. The standard InChI is InChI=1S/C17H29NO/c1-4-5-6-7-8-15-9-11-16(12-10-15)17(19)13-18-14(2)3/h9-12,14,17-19H,4-8,13H2,1-3H3. The molecule has 2 nitrogen and oxygen atoms in total. The number of unbranched alkanes of at least 4 members (excludes halogenated alkanes) is 3. The van der Waals surface area contributed by atoms with Crippen LogP contribution < -0.4 is 5.32 Å². The molecule has 0 amide bonds. The summed E-state index contributed by atoms with van der Waals surface area (Å²) in [5, 5.41) is 13.3. The molecule has 0 radical (unpaired) electrons. The van der Waals surface area contributed by atoms with Crippen LogP contribution in [0.2, 0.25) is 0 Å². The van der Waals surface area contributed by atoms with Crippen LogP contribution in [0.5, 0.6) is 0 Å². The lowest BCUT2D eigenvalue weighted by Gasteiger charge is -2.14. The van der Waals surface area contributed by atoms with Gasteiger partial charge in [-0.15, -0.1) is 0 Å². The van der Waals surface area contributed by atoms with E-state index in [0.717, 1.165) is 12.0 Å². The van der Waals surface area contributed by atoms with Crippen molar-refractivity contribution in [3.05, 3.63) is 35.4 Å². The fourth-order valence-electron chi connectivity index (χ4n) is 2.13. The first kappa shape index (κ1) is 16.2. The molecule has 1 aromatic carbocycles. The lowest BCUT2D eigenvalue weighted by molar-refractivity contribution is 0.171. The van der Waals surface area contributed by atoms with Crippen LogP contribution in [0.3, 0.4) is 0 Å². The van der Waals surface area contributed by atoms with Crippen molar-refractivity contribution in [2.75, 3.05) is 6.54 Å². The lowest BCUT2D eigenvalue weighted by Crippen LogP contribution is -2.27. The largest absolute Gasteiger partial charge is 0.387 e. The Hall–Kier alpha value is -0.860. The van der Waals surface area contributed by atoms with Crippen LogP contribution in [0.4, 0.5) is 0 Å². The minimum absolute atomic E-state index is 0.406. The van der Waals surface area contributed by atoms with Gasteiger partial charge in [0.15, 0.2) is 0 Å². The van der Waals surface area contributed by atoms with E-state index in [-0.39, 0.29) is 0 Å². The number of rotatable bonds is 9. The molecule has 0 aliphatic rings. The molecule has 2 heteroatoms. The zero-order chi connectivity index (χ0) is 14.1. The zero-order valence-electron chi connectivity index (χ0n) is 12.7. The van der Waals surface area contributed by atoms with E-state index in [1.54, 1.807) is 0 Å². The molecule has 2 N–H and O–H groups in total. The maximum Gasteiger partial charge on any atom is 0.0914 e. The first-order valence-corrected chi connectivity index (χ1v) is 7.63. The van der Waals surface area contributed by atoms with Gasteiger partial charge in [0, 0.05) is 12.6 Å². The van der Waals surface area contributed by atoms with Gasteiger partial charge in [-0.05, 0) is 24.0 Å². The maximum absolute atomic E-state index is 10.0. The molecule has 1 unspecified atom stereocenters. The van der Waals surface area contributed by atoms with Gasteiger partial charge in [-0.25, -0.2) is 0 Å². The molecular weight excluding hydrogens is 234 g/mol. The minimum Gasteiger partial charge on any atom is -0.387 e. The van der Waals surface area contributed by atoms with Crippen molar-refractivity contribution in [3.8, 4) is 0 Å². The summed E-state index contributed by atoms with van der Waals surface area (Å²) in [6.07, 6.45) is 5.95. The number of aliphatic hydroxyl groups is 1. The second-order valence-corrected chi connectivity index (χ2v) is 5.63. The van der Waals surface area contributed by atoms with E-state index >= 15 is 0 Å². The number of hydrogen-bond acceptors (Lipinski definition) is 2. The van der Waals surface area contributed by atoms with Crippen LogP contribution in [0.15, 0.2) is 24.3 Å². The van der Waals surface area contributed by atoms with Gasteiger partial charge in [-0.3, -0.25) is 0 Å². The van der Waals surface area contributed by atoms with Gasteiger partial charge in [0.05, 0.1) is 6.10 Å². The molecule has 0 aliphatic carbocycles. The Morgan fingerprint density at radius 3 is 2.32 bits per heavy atom. The Bertz CT molecular complexity index is 332. The fraction of sp³-hybridized carbons (Fsp3) is 0.647. The molecule has 19 heavy (non-hydrogen) atoms. The van der Waals surface area contributed by atoms with E-state index in [1.807, 2.05) is 0 Å². The van der Waals surface area contributed by atoms with Crippen LogP contribution in [-0.4, -0.2) is 17.7 Å². The van der Waals surface area contributed by atoms with E-state index < -0.39 is 6.10 Å². The summed E-state index contributed by atoms with van der Waals surface area (Å²) >= 11 is 0. The predicted molar refractivity (Wildman–Crippen MR) is 82.4 cm³/mol. The molecule has 108 valence electrons. The number of aryl methyl sites for hydroxylation is 1. The van der Waals surface area contributed by atoms with Gasteiger partial charge in [0.2, 0.25) is 0 Å². The Labute approximate surface area is 118 Å². The highest BCUT2D eigenvalue weighted by Gasteiger charge is 2.07. The molecule has 0 bridgehead atoms. The van der Waals surface area contributed by atoms with Gasteiger partial charge >= 0.3 is 0 Å². The molecule has 0 aromatic heterocycles. The van der Waals surface area contributed by atoms with Gasteiger partial charge in [-0.1, -0.05) is 64.3 Å². The van der Waals surface area contributed by atoms with Gasteiger partial charge in [-0.2, -0.15) is 0 Å². The summed E-state index contributed by atoms with van der Waals surface area (Å²) < 4.78 is 0. The van der Waals surface area contributed by atoms with Crippen LogP contribution in [-0.2, 0) is 6.42 Å². The molecule has 0 spiro atoms. The highest BCUT2D eigenvalue weighted by molar-refractivity contribution is 5.24. The summed E-state index contributed by atoms with van der Waals surface area (Å²) in [6.45, 7) is 7.03. The summed E-state index contributed by atoms with van der Waals surface area (Å²) in [4.78, 5) is 0. The topological polar surface area (TPSA) is 32.3 Å². The summed E-state index contributed by atoms with van der Waals surface area (Å²) in [5.74, 6) is 0. The highest BCUT2D eigenvalue weighted by atomic mass is 16.3. The van der Waals surface area contributed by atoms with E-state index in [9.17, 15) is 5.11 Å². The number of benzene rings is 1. The normalized spacial score (nSPS) is 12.9. The first-order chi connectivity index (χ1) is 9.13. The quantitative estimate of drug-likeness (QED) is 0.663. The predicted octanol–water partition coefficient (Wildman–Crippen LogP) is 3.84. The second kappa shape index (κ2) is 9.11. The average Bonchev–Trinajstić information content (AvgIpc) is 2.41. The molecule has 1 aromatic rings. The molecule has 1 atom stereocenters. The Kier molecular flexibility index (Phi) is 7.76.